The largest absolute Gasteiger partial charge is 0.445 e. The topological polar surface area (TPSA) is 72.9 Å². The van der Waals surface area contributed by atoms with Gasteiger partial charge in [-0.2, -0.15) is 8.42 Å². The monoisotopic (exact) mass is 311 g/mol. The van der Waals surface area contributed by atoms with E-state index in [4.69, 9.17) is 8.92 Å². The van der Waals surface area contributed by atoms with E-state index in [1.807, 2.05) is 0 Å². The van der Waals surface area contributed by atoms with Crippen molar-refractivity contribution in [3.63, 3.8) is 0 Å². The molecule has 3 aliphatic rings. The van der Waals surface area contributed by atoms with E-state index >= 15 is 0 Å². The van der Waals surface area contributed by atoms with Crippen molar-refractivity contribution < 1.29 is 22.1 Å². The van der Waals surface area contributed by atoms with Gasteiger partial charge in [0.05, 0.1) is 17.5 Å². The molecule has 114 valence electrons. The van der Waals surface area contributed by atoms with E-state index in [1.165, 1.54) is 12.1 Å². The molecule has 4 rings (SSSR count). The number of nitrogens with zero attached hydrogens (tertiary/aromatic N) is 1. The van der Waals surface area contributed by atoms with Crippen molar-refractivity contribution in [3.05, 3.63) is 29.8 Å². The maximum Gasteiger partial charge on any atom is 0.410 e. The second-order valence-electron chi connectivity index (χ2n) is 5.28. The fraction of sp³-hybridized carbons (Fsp3) is 0.500. The Morgan fingerprint density at radius 3 is 2.67 bits per heavy atom. The normalized spacial score (nSPS) is 25.4. The lowest BCUT2D eigenvalue weighted by molar-refractivity contribution is 0.0543. The molecular weight excluding hydrogens is 294 g/mol. The minimum atomic E-state index is -3.78. The Kier molecular flexibility index (Phi) is 3.86. The molecule has 3 aliphatic heterocycles. The van der Waals surface area contributed by atoms with Crippen LogP contribution in [-0.4, -0.2) is 38.6 Å². The van der Waals surface area contributed by atoms with E-state index in [-0.39, 0.29) is 24.2 Å². The summed E-state index contributed by atoms with van der Waals surface area (Å²) in [4.78, 5) is 13.8. The average molecular weight is 311 g/mol. The Bertz CT molecular complexity index is 625. The van der Waals surface area contributed by atoms with Crippen molar-refractivity contribution in [2.45, 2.75) is 36.8 Å². The molecule has 2 bridgehead atoms. The zero-order valence-corrected chi connectivity index (χ0v) is 12.3. The first-order chi connectivity index (χ1) is 10.1. The van der Waals surface area contributed by atoms with E-state index < -0.39 is 16.2 Å². The van der Waals surface area contributed by atoms with Gasteiger partial charge in [0.2, 0.25) is 0 Å². The number of ether oxygens (including phenoxy) is 1. The molecule has 3 heterocycles. The smallest absolute Gasteiger partial charge is 0.410 e. The van der Waals surface area contributed by atoms with E-state index in [1.54, 1.807) is 17.0 Å². The molecule has 7 heteroatoms. The zero-order chi connectivity index (χ0) is 14.9. The maximum absolute atomic E-state index is 12.1. The van der Waals surface area contributed by atoms with Crippen LogP contribution in [0.15, 0.2) is 29.2 Å². The van der Waals surface area contributed by atoms with Gasteiger partial charge in [-0.15, -0.1) is 0 Å². The van der Waals surface area contributed by atoms with E-state index in [9.17, 15) is 13.2 Å². The third kappa shape index (κ3) is 3.03. The fourth-order valence-electron chi connectivity index (χ4n) is 2.63. The highest BCUT2D eigenvalue weighted by atomic mass is 32.2. The van der Waals surface area contributed by atoms with Gasteiger partial charge >= 0.3 is 6.09 Å². The Morgan fingerprint density at radius 2 is 1.90 bits per heavy atom. The zero-order valence-electron chi connectivity index (χ0n) is 11.5. The molecule has 1 fully saturated rings. The summed E-state index contributed by atoms with van der Waals surface area (Å²) in [6.45, 7) is 0.687. The lowest BCUT2D eigenvalue weighted by Crippen LogP contribution is -2.46. The van der Waals surface area contributed by atoms with Crippen LogP contribution in [0.5, 0.6) is 0 Å². The van der Waals surface area contributed by atoms with Gasteiger partial charge in [0.15, 0.2) is 0 Å². The van der Waals surface area contributed by atoms with Crippen LogP contribution in [-0.2, 0) is 25.6 Å². The summed E-state index contributed by atoms with van der Waals surface area (Å²) in [6.07, 6.45) is 2.16. The number of fused-ring (bicyclic) bond motifs is 6. The van der Waals surface area contributed by atoms with Gasteiger partial charge < -0.3 is 9.64 Å². The van der Waals surface area contributed by atoms with Crippen LogP contribution in [0.1, 0.15) is 24.8 Å². The number of hydrogen-bond acceptors (Lipinski definition) is 5. The van der Waals surface area contributed by atoms with Crippen molar-refractivity contribution in [2.24, 2.45) is 0 Å². The van der Waals surface area contributed by atoms with Gasteiger partial charge in [0.25, 0.3) is 10.1 Å². The molecule has 0 aromatic heterocycles. The highest BCUT2D eigenvalue weighted by Crippen LogP contribution is 2.22. The molecule has 1 aromatic carbocycles. The molecule has 21 heavy (non-hydrogen) atoms. The van der Waals surface area contributed by atoms with Gasteiger partial charge in [-0.05, 0) is 37.0 Å². The van der Waals surface area contributed by atoms with E-state index in [0.29, 0.717) is 6.54 Å². The van der Waals surface area contributed by atoms with Gasteiger partial charge in [0.1, 0.15) is 6.61 Å². The van der Waals surface area contributed by atoms with Crippen LogP contribution in [0.4, 0.5) is 4.79 Å². The standard InChI is InChI=1S/C14H17NO5S/c16-14-15-8-2-1-3-12(15)10-20-21(17,18)13-6-4-11(5-7-13)9-19-14/h4-7,12H,1-3,8-10H2. The van der Waals surface area contributed by atoms with Crippen LogP contribution in [0, 0.1) is 0 Å². The van der Waals surface area contributed by atoms with Gasteiger partial charge in [-0.25, -0.2) is 4.79 Å². The molecule has 0 aliphatic carbocycles. The Balaban J connectivity index is 1.92. The first kappa shape index (κ1) is 14.3. The summed E-state index contributed by atoms with van der Waals surface area (Å²) in [7, 11) is -3.78. The minimum Gasteiger partial charge on any atom is -0.445 e. The summed E-state index contributed by atoms with van der Waals surface area (Å²) in [6, 6.07) is 5.94. The molecule has 1 atom stereocenters. The summed E-state index contributed by atoms with van der Waals surface area (Å²) in [5.74, 6) is 0. The molecule has 1 unspecified atom stereocenters. The van der Waals surface area contributed by atoms with Crippen LogP contribution < -0.4 is 0 Å². The number of rotatable bonds is 0. The first-order valence-corrected chi connectivity index (χ1v) is 8.39. The van der Waals surface area contributed by atoms with Crippen LogP contribution in [0.3, 0.4) is 0 Å². The lowest BCUT2D eigenvalue weighted by Gasteiger charge is -2.34. The summed E-state index contributed by atoms with van der Waals surface area (Å²) < 4.78 is 34.7. The predicted octanol–water partition coefficient (Wildman–Crippen LogP) is 1.90. The number of carbonyl (C=O) groups is 1. The molecule has 6 nitrogen and oxygen atoms in total. The van der Waals surface area contributed by atoms with Crippen LogP contribution >= 0.6 is 0 Å². The molecule has 0 radical (unpaired) electrons. The van der Waals surface area contributed by atoms with E-state index in [2.05, 4.69) is 0 Å². The number of benzene rings is 1. The van der Waals surface area contributed by atoms with Crippen molar-refractivity contribution >= 4 is 16.2 Å². The summed E-state index contributed by atoms with van der Waals surface area (Å²) >= 11 is 0. The second kappa shape index (κ2) is 5.65. The van der Waals surface area contributed by atoms with Gasteiger partial charge in [-0.1, -0.05) is 12.1 Å². The van der Waals surface area contributed by atoms with Crippen LogP contribution in [0.2, 0.25) is 0 Å². The number of carbonyl (C=O) groups excluding carboxylic acids is 1. The quantitative estimate of drug-likeness (QED) is 0.684. The second-order valence-corrected chi connectivity index (χ2v) is 6.90. The Labute approximate surface area is 123 Å². The van der Waals surface area contributed by atoms with Crippen LogP contribution in [0.25, 0.3) is 0 Å². The molecule has 0 saturated carbocycles. The highest BCUT2D eigenvalue weighted by molar-refractivity contribution is 7.86. The van der Waals surface area contributed by atoms with Crippen molar-refractivity contribution in [1.29, 1.82) is 0 Å². The summed E-state index contributed by atoms with van der Waals surface area (Å²) in [5.41, 5.74) is 0.747. The number of amides is 1. The lowest BCUT2D eigenvalue weighted by atomic mass is 10.0. The number of hydrogen-bond donors (Lipinski definition) is 0. The maximum atomic E-state index is 12.1. The van der Waals surface area contributed by atoms with Gasteiger partial charge in [0, 0.05) is 6.54 Å². The SMILES string of the molecule is O=C1OCc2ccc(cc2)S(=O)(=O)OCC2CCCCN12. The van der Waals surface area contributed by atoms with Crippen molar-refractivity contribution in [2.75, 3.05) is 13.2 Å². The highest BCUT2D eigenvalue weighted by Gasteiger charge is 2.30. The first-order valence-electron chi connectivity index (χ1n) is 6.98. The van der Waals surface area contributed by atoms with Crippen molar-refractivity contribution in [3.8, 4) is 0 Å². The fourth-order valence-corrected chi connectivity index (χ4v) is 3.57. The number of piperidine rings is 1. The third-order valence-corrected chi connectivity index (χ3v) is 5.15. The van der Waals surface area contributed by atoms with Crippen molar-refractivity contribution in [1.82, 2.24) is 4.90 Å². The predicted molar refractivity (Wildman–Crippen MR) is 74.1 cm³/mol. The Hall–Kier alpha value is -1.60. The molecule has 1 saturated heterocycles. The molecule has 0 spiro atoms. The molecule has 0 N–H and O–H groups in total. The molecule has 1 aromatic rings. The van der Waals surface area contributed by atoms with E-state index in [0.717, 1.165) is 24.8 Å². The summed E-state index contributed by atoms with van der Waals surface area (Å²) in [5, 5.41) is 0. The minimum absolute atomic E-state index is 0.0286. The molecule has 1 amide bonds. The average Bonchev–Trinajstić information content (AvgIpc) is 2.50. The third-order valence-electron chi connectivity index (χ3n) is 3.85. The Morgan fingerprint density at radius 1 is 1.14 bits per heavy atom. The van der Waals surface area contributed by atoms with Gasteiger partial charge in [-0.3, -0.25) is 4.18 Å². The molecular formula is C14H17NO5S.